The minimum absolute atomic E-state index is 0.0379. The molecule has 0 aliphatic carbocycles. The Morgan fingerprint density at radius 1 is 1.32 bits per heavy atom. The number of rotatable bonds is 2. The van der Waals surface area contributed by atoms with Crippen molar-refractivity contribution in [2.45, 2.75) is 18.9 Å². The summed E-state index contributed by atoms with van der Waals surface area (Å²) in [5.74, 6) is -1.05. The zero-order valence-electron chi connectivity index (χ0n) is 16.2. The number of carbonyl (C=O) groups excluding carboxylic acids is 1. The van der Waals surface area contributed by atoms with Crippen LogP contribution in [-0.2, 0) is 16.8 Å². The molecule has 2 aliphatic heterocycles. The number of hydrogen-bond donors (Lipinski definition) is 2. The Morgan fingerprint density at radius 2 is 2.10 bits per heavy atom. The van der Waals surface area contributed by atoms with E-state index in [1.54, 1.807) is 37.3 Å². The Hall–Kier alpha value is -3.83. The highest BCUT2D eigenvalue weighted by Crippen LogP contribution is 2.55. The molecule has 0 saturated heterocycles. The molecule has 3 N–H and O–H groups in total. The van der Waals surface area contributed by atoms with Gasteiger partial charge in [0.2, 0.25) is 17.7 Å². The fourth-order valence-electron chi connectivity index (χ4n) is 4.46. The molecule has 7 nitrogen and oxygen atoms in total. The van der Waals surface area contributed by atoms with Crippen molar-refractivity contribution in [2.24, 2.45) is 5.73 Å². The van der Waals surface area contributed by atoms with Crippen molar-refractivity contribution in [3.8, 4) is 11.9 Å². The van der Waals surface area contributed by atoms with Gasteiger partial charge in [-0.2, -0.15) is 5.26 Å². The molecular formula is C22H15ClFN5O2. The van der Waals surface area contributed by atoms with Crippen LogP contribution in [0.3, 0.4) is 0 Å². The fraction of sp³-hybridized carbons (Fsp3) is 0.136. The summed E-state index contributed by atoms with van der Waals surface area (Å²) in [5.41, 5.74) is 6.69. The fourth-order valence-corrected chi connectivity index (χ4v) is 4.68. The van der Waals surface area contributed by atoms with Gasteiger partial charge in [-0.15, -0.1) is 5.10 Å². The van der Waals surface area contributed by atoms with Crippen LogP contribution in [0.2, 0.25) is 5.02 Å². The Labute approximate surface area is 181 Å². The normalized spacial score (nSPS) is 19.3. The van der Waals surface area contributed by atoms with Crippen LogP contribution in [0.1, 0.15) is 22.4 Å². The summed E-state index contributed by atoms with van der Waals surface area (Å²) in [6.07, 6.45) is 0. The number of ether oxygens (including phenoxy) is 1. The van der Waals surface area contributed by atoms with Crippen LogP contribution in [0.4, 0.5) is 10.1 Å². The number of nitrogens with zero attached hydrogens (tertiary/aromatic N) is 3. The molecule has 31 heavy (non-hydrogen) atoms. The van der Waals surface area contributed by atoms with E-state index in [0.29, 0.717) is 22.5 Å². The molecule has 1 spiro atoms. The lowest BCUT2D eigenvalue weighted by atomic mass is 9.69. The van der Waals surface area contributed by atoms with E-state index in [4.69, 9.17) is 22.1 Å². The first-order valence-corrected chi connectivity index (χ1v) is 9.77. The largest absolute Gasteiger partial charge is 0.420 e. The van der Waals surface area contributed by atoms with E-state index in [-0.39, 0.29) is 34.5 Å². The van der Waals surface area contributed by atoms with Gasteiger partial charge in [0, 0.05) is 27.5 Å². The SMILES string of the molecule is Cc1[nH]nc2c1[C@]1(C(=O)N(Cc3c(F)cccc3Cl)c3ccccc31)C(C#N)=C(N)O2. The summed E-state index contributed by atoms with van der Waals surface area (Å²) in [4.78, 5) is 15.5. The number of para-hydroxylation sites is 1. The third-order valence-electron chi connectivity index (χ3n) is 5.77. The van der Waals surface area contributed by atoms with Crippen LogP contribution in [-0.4, -0.2) is 16.1 Å². The number of nitriles is 1. The van der Waals surface area contributed by atoms with Crippen molar-refractivity contribution in [3.05, 3.63) is 87.1 Å². The van der Waals surface area contributed by atoms with Gasteiger partial charge in [0.15, 0.2) is 0 Å². The number of H-pyrrole nitrogens is 1. The van der Waals surface area contributed by atoms with Crippen LogP contribution in [0.15, 0.2) is 53.9 Å². The number of aromatic amines is 1. The monoisotopic (exact) mass is 435 g/mol. The molecule has 2 aliphatic rings. The predicted octanol–water partition coefficient (Wildman–Crippen LogP) is 3.43. The summed E-state index contributed by atoms with van der Waals surface area (Å²) < 4.78 is 20.1. The highest BCUT2D eigenvalue weighted by molar-refractivity contribution is 6.31. The minimum atomic E-state index is -1.56. The van der Waals surface area contributed by atoms with E-state index in [1.165, 1.54) is 17.0 Å². The summed E-state index contributed by atoms with van der Waals surface area (Å²) in [5, 5.41) is 17.1. The number of nitrogens with one attached hydrogen (secondary N) is 1. The zero-order valence-corrected chi connectivity index (χ0v) is 17.0. The smallest absolute Gasteiger partial charge is 0.248 e. The molecule has 9 heteroatoms. The molecule has 0 saturated carbocycles. The van der Waals surface area contributed by atoms with E-state index in [9.17, 15) is 14.4 Å². The predicted molar refractivity (Wildman–Crippen MR) is 111 cm³/mol. The van der Waals surface area contributed by atoms with E-state index in [2.05, 4.69) is 16.3 Å². The van der Waals surface area contributed by atoms with Gasteiger partial charge in [-0.05, 0) is 25.1 Å². The number of aromatic nitrogens is 2. The van der Waals surface area contributed by atoms with Crippen molar-refractivity contribution in [1.29, 1.82) is 5.26 Å². The van der Waals surface area contributed by atoms with Gasteiger partial charge in [-0.1, -0.05) is 35.9 Å². The second-order valence-corrected chi connectivity index (χ2v) is 7.75. The number of anilines is 1. The quantitative estimate of drug-likeness (QED) is 0.641. The lowest BCUT2D eigenvalue weighted by molar-refractivity contribution is -0.121. The number of amides is 1. The summed E-state index contributed by atoms with van der Waals surface area (Å²) in [6.45, 7) is 1.62. The third kappa shape index (κ3) is 2.38. The molecule has 1 aromatic heterocycles. The molecule has 0 unspecified atom stereocenters. The Morgan fingerprint density at radius 3 is 2.84 bits per heavy atom. The Kier molecular flexibility index (Phi) is 4.07. The molecule has 3 aromatic rings. The number of nitrogens with two attached hydrogens (primary N) is 1. The molecule has 3 heterocycles. The summed E-state index contributed by atoms with van der Waals surface area (Å²) in [7, 11) is 0. The van der Waals surface area contributed by atoms with Crippen LogP contribution in [0.5, 0.6) is 5.88 Å². The van der Waals surface area contributed by atoms with Crippen molar-refractivity contribution >= 4 is 23.2 Å². The highest BCUT2D eigenvalue weighted by Gasteiger charge is 2.60. The lowest BCUT2D eigenvalue weighted by Crippen LogP contribution is -2.46. The molecule has 1 amide bonds. The number of halogens is 2. The lowest BCUT2D eigenvalue weighted by Gasteiger charge is -2.32. The van der Waals surface area contributed by atoms with Crippen LogP contribution >= 0.6 is 11.6 Å². The molecule has 0 fully saturated rings. The van der Waals surface area contributed by atoms with Gasteiger partial charge < -0.3 is 15.4 Å². The van der Waals surface area contributed by atoms with E-state index >= 15 is 0 Å². The average molecular weight is 436 g/mol. The van der Waals surface area contributed by atoms with Gasteiger partial charge >= 0.3 is 0 Å². The van der Waals surface area contributed by atoms with Crippen molar-refractivity contribution in [3.63, 3.8) is 0 Å². The molecule has 1 atom stereocenters. The van der Waals surface area contributed by atoms with Gasteiger partial charge in [-0.3, -0.25) is 9.89 Å². The number of benzene rings is 2. The maximum absolute atomic E-state index is 14.6. The topological polar surface area (TPSA) is 108 Å². The first-order valence-electron chi connectivity index (χ1n) is 9.39. The van der Waals surface area contributed by atoms with Crippen molar-refractivity contribution < 1.29 is 13.9 Å². The second kappa shape index (κ2) is 6.59. The van der Waals surface area contributed by atoms with E-state index in [0.717, 1.165) is 0 Å². The average Bonchev–Trinajstić information content (AvgIpc) is 3.22. The maximum Gasteiger partial charge on any atom is 0.248 e. The Balaban J connectivity index is 1.80. The number of hydrogen-bond acceptors (Lipinski definition) is 5. The second-order valence-electron chi connectivity index (χ2n) is 7.34. The molecule has 0 radical (unpaired) electrons. The highest BCUT2D eigenvalue weighted by atomic mass is 35.5. The van der Waals surface area contributed by atoms with E-state index < -0.39 is 17.1 Å². The molecule has 0 bridgehead atoms. The van der Waals surface area contributed by atoms with E-state index in [1.807, 2.05) is 0 Å². The van der Waals surface area contributed by atoms with Gasteiger partial charge in [0.1, 0.15) is 22.9 Å². The number of carbonyl (C=O) groups is 1. The number of aryl methyl sites for hydroxylation is 1. The first-order chi connectivity index (χ1) is 14.9. The molecule has 2 aromatic carbocycles. The molecular weight excluding hydrogens is 421 g/mol. The molecule has 5 rings (SSSR count). The molecule has 154 valence electrons. The minimum Gasteiger partial charge on any atom is -0.420 e. The summed E-state index contributed by atoms with van der Waals surface area (Å²) in [6, 6.07) is 13.4. The number of fused-ring (bicyclic) bond motifs is 4. The zero-order chi connectivity index (χ0) is 21.9. The summed E-state index contributed by atoms with van der Waals surface area (Å²) >= 11 is 6.23. The van der Waals surface area contributed by atoms with Crippen LogP contribution in [0, 0.1) is 24.1 Å². The Bertz CT molecular complexity index is 1320. The van der Waals surface area contributed by atoms with Crippen molar-refractivity contribution in [2.75, 3.05) is 4.90 Å². The standard InChI is InChI=1S/C22H15ClFN5O2/c1-11-18-20(28-27-11)31-19(26)14(9-25)22(18)13-5-2-3-8-17(13)29(21(22)30)10-12-15(23)6-4-7-16(12)24/h2-8H,10,26H2,1H3,(H,27,28)/t22-/m1/s1. The maximum atomic E-state index is 14.6. The van der Waals surface area contributed by atoms with Gasteiger partial charge in [0.25, 0.3) is 0 Å². The third-order valence-corrected chi connectivity index (χ3v) is 6.13. The van der Waals surface area contributed by atoms with Crippen LogP contribution < -0.4 is 15.4 Å². The van der Waals surface area contributed by atoms with Gasteiger partial charge in [-0.25, -0.2) is 4.39 Å². The van der Waals surface area contributed by atoms with Gasteiger partial charge in [0.05, 0.1) is 12.1 Å². The van der Waals surface area contributed by atoms with Crippen molar-refractivity contribution in [1.82, 2.24) is 10.2 Å². The first kappa shape index (κ1) is 19.2. The van der Waals surface area contributed by atoms with Crippen LogP contribution in [0.25, 0.3) is 0 Å².